The number of anilines is 2. The van der Waals surface area contributed by atoms with Crippen LogP contribution in [0.3, 0.4) is 0 Å². The highest BCUT2D eigenvalue weighted by Gasteiger charge is 2.23. The molecule has 6 aromatic rings. The molecule has 272 valence electrons. The minimum absolute atomic E-state index is 0.0368. The molecule has 0 saturated carbocycles. The number of halogens is 4. The molecule has 0 unspecified atom stereocenters. The van der Waals surface area contributed by atoms with Gasteiger partial charge < -0.3 is 25.0 Å². The first kappa shape index (κ1) is 38.0. The Hall–Kier alpha value is -5.75. The van der Waals surface area contributed by atoms with Gasteiger partial charge in [-0.3, -0.25) is 15.1 Å². The molecule has 0 aliphatic heterocycles. The van der Waals surface area contributed by atoms with Crippen LogP contribution in [0.5, 0.6) is 23.0 Å². The molecule has 10 nitrogen and oxygen atoms in total. The molecule has 0 aliphatic rings. The van der Waals surface area contributed by atoms with Crippen molar-refractivity contribution in [3.8, 4) is 34.1 Å². The number of nitrogens with one attached hydrogen (secondary N) is 2. The average molecular weight is 804 g/mol. The Morgan fingerprint density at radius 1 is 0.481 bits per heavy atom. The van der Waals surface area contributed by atoms with Gasteiger partial charge in [-0.15, -0.1) is 0 Å². The molecule has 4 N–H and O–H groups in total. The van der Waals surface area contributed by atoms with Crippen LogP contribution in [-0.4, -0.2) is 28.1 Å². The number of rotatable bonds is 13. The zero-order valence-electron chi connectivity index (χ0n) is 27.6. The molecule has 0 radical (unpaired) electrons. The Bertz CT molecular complexity index is 2340. The maximum absolute atomic E-state index is 12.9. The van der Waals surface area contributed by atoms with Crippen LogP contribution in [0.2, 0.25) is 20.1 Å². The predicted molar refractivity (Wildman–Crippen MR) is 208 cm³/mol. The molecule has 14 heteroatoms. The van der Waals surface area contributed by atoms with Crippen molar-refractivity contribution in [3.05, 3.63) is 164 Å². The van der Waals surface area contributed by atoms with Crippen molar-refractivity contribution in [1.82, 2.24) is 0 Å². The average Bonchev–Trinajstić information content (AvgIpc) is 3.15. The topological polar surface area (TPSA) is 143 Å². The van der Waals surface area contributed by atoms with E-state index in [1.807, 2.05) is 48.5 Å². The van der Waals surface area contributed by atoms with Crippen molar-refractivity contribution in [2.24, 2.45) is 0 Å². The number of carbonyl (C=O) groups excluding carboxylic acids is 1. The lowest BCUT2D eigenvalue weighted by atomic mass is 10.1. The van der Waals surface area contributed by atoms with Crippen LogP contribution in [0.1, 0.15) is 36.6 Å². The van der Waals surface area contributed by atoms with E-state index in [9.17, 15) is 24.6 Å². The summed E-state index contributed by atoms with van der Waals surface area (Å²) in [5.41, 5.74) is 5.23. The minimum atomic E-state index is -1.37. The summed E-state index contributed by atoms with van der Waals surface area (Å²) in [7, 11) is 0. The Morgan fingerprint density at radius 2 is 0.870 bits per heavy atom. The molecular formula is C40H26Cl4N2O8. The fourth-order valence-electron chi connectivity index (χ4n) is 5.23. The highest BCUT2D eigenvalue weighted by atomic mass is 35.5. The first-order valence-electron chi connectivity index (χ1n) is 15.8. The maximum Gasteiger partial charge on any atom is 0.338 e. The van der Waals surface area contributed by atoms with E-state index in [1.165, 1.54) is 24.3 Å². The standard InChI is InChI=1S/C40H26Cl4N2O8/c41-31-17-18-32(42)35(39(48)49)30(31)21-52-46-25-7-15-29(16-8-25)54-27-11-3-23(4-12-27)22-1-9-26(10-2-22)53-28-13-5-24(6-14-28)45-38(47)36-33(43)19-20-34(44)37(36)40(50)51/h1-20,46H,21H2,(H,45,47)(H,48,49)(H,50,51). The Morgan fingerprint density at radius 3 is 1.33 bits per heavy atom. The van der Waals surface area contributed by atoms with Gasteiger partial charge in [0.2, 0.25) is 0 Å². The molecule has 1 amide bonds. The Balaban J connectivity index is 1.00. The lowest BCUT2D eigenvalue weighted by Gasteiger charge is -2.12. The van der Waals surface area contributed by atoms with E-state index < -0.39 is 17.8 Å². The van der Waals surface area contributed by atoms with Crippen LogP contribution in [-0.2, 0) is 11.4 Å². The number of benzene rings is 6. The van der Waals surface area contributed by atoms with E-state index in [2.05, 4.69) is 10.8 Å². The molecule has 0 saturated heterocycles. The summed E-state index contributed by atoms with van der Waals surface area (Å²) in [6.45, 7) is -0.124. The van der Waals surface area contributed by atoms with Gasteiger partial charge in [-0.05, 0) is 108 Å². The monoisotopic (exact) mass is 802 g/mol. The number of hydrogen-bond acceptors (Lipinski definition) is 7. The Kier molecular flexibility index (Phi) is 11.9. The highest BCUT2D eigenvalue weighted by Crippen LogP contribution is 2.32. The van der Waals surface area contributed by atoms with Crippen molar-refractivity contribution in [1.29, 1.82) is 0 Å². The van der Waals surface area contributed by atoms with Gasteiger partial charge in [-0.1, -0.05) is 70.7 Å². The van der Waals surface area contributed by atoms with Crippen LogP contribution in [0, 0.1) is 0 Å². The number of carbonyl (C=O) groups is 3. The third-order valence-corrected chi connectivity index (χ3v) is 9.15. The first-order valence-corrected chi connectivity index (χ1v) is 17.3. The van der Waals surface area contributed by atoms with E-state index in [0.29, 0.717) is 34.4 Å². The lowest BCUT2D eigenvalue weighted by molar-refractivity contribution is 0.0682. The fraction of sp³-hybridized carbons (Fsp3) is 0.0250. The number of aromatic carboxylic acids is 2. The summed E-state index contributed by atoms with van der Waals surface area (Å²) in [5.74, 6) is -0.949. The third-order valence-electron chi connectivity index (χ3n) is 7.85. The molecule has 0 atom stereocenters. The van der Waals surface area contributed by atoms with E-state index >= 15 is 0 Å². The lowest BCUT2D eigenvalue weighted by Crippen LogP contribution is -2.17. The van der Waals surface area contributed by atoms with Gasteiger partial charge in [-0.2, -0.15) is 0 Å². The van der Waals surface area contributed by atoms with Gasteiger partial charge >= 0.3 is 11.9 Å². The molecule has 0 aliphatic carbocycles. The second-order valence-corrected chi connectivity index (χ2v) is 13.0. The Labute approximate surface area is 328 Å². The van der Waals surface area contributed by atoms with E-state index in [0.717, 1.165) is 11.1 Å². The molecule has 54 heavy (non-hydrogen) atoms. The number of carboxylic acids is 2. The van der Waals surface area contributed by atoms with Gasteiger partial charge in [0.05, 0.1) is 37.4 Å². The van der Waals surface area contributed by atoms with Crippen LogP contribution in [0.15, 0.2) is 121 Å². The minimum Gasteiger partial charge on any atom is -0.478 e. The molecule has 6 aromatic carbocycles. The number of hydrogen-bond donors (Lipinski definition) is 4. The van der Waals surface area contributed by atoms with Crippen LogP contribution in [0.4, 0.5) is 11.4 Å². The molecule has 0 fully saturated rings. The van der Waals surface area contributed by atoms with Gasteiger partial charge in [0, 0.05) is 16.3 Å². The molecule has 0 bridgehead atoms. The normalized spacial score (nSPS) is 10.7. The predicted octanol–water partition coefficient (Wildman–Crippen LogP) is 11.7. The van der Waals surface area contributed by atoms with Gasteiger partial charge in [-0.25, -0.2) is 9.59 Å². The van der Waals surface area contributed by atoms with Gasteiger partial charge in [0.15, 0.2) is 0 Å². The second kappa shape index (κ2) is 16.9. The summed E-state index contributed by atoms with van der Waals surface area (Å²) in [5, 5.41) is 21.8. The molecule has 0 heterocycles. The van der Waals surface area contributed by atoms with Crippen molar-refractivity contribution in [2.45, 2.75) is 6.61 Å². The number of ether oxygens (including phenoxy) is 2. The largest absolute Gasteiger partial charge is 0.478 e. The first-order chi connectivity index (χ1) is 26.0. The van der Waals surface area contributed by atoms with Crippen molar-refractivity contribution >= 4 is 75.6 Å². The maximum atomic E-state index is 12.9. The molecule has 0 spiro atoms. The van der Waals surface area contributed by atoms with Crippen molar-refractivity contribution in [2.75, 3.05) is 10.8 Å². The van der Waals surface area contributed by atoms with Crippen LogP contribution >= 0.6 is 46.4 Å². The van der Waals surface area contributed by atoms with Gasteiger partial charge in [0.1, 0.15) is 29.6 Å². The summed E-state index contributed by atoms with van der Waals surface area (Å²) in [6.07, 6.45) is 0. The number of amides is 1. The van der Waals surface area contributed by atoms with E-state index in [1.54, 1.807) is 48.5 Å². The molecule has 6 rings (SSSR count). The molecule has 0 aromatic heterocycles. The van der Waals surface area contributed by atoms with Crippen molar-refractivity contribution < 1.29 is 38.9 Å². The third kappa shape index (κ3) is 9.06. The van der Waals surface area contributed by atoms with E-state index in [-0.39, 0.29) is 49.0 Å². The fourth-order valence-corrected chi connectivity index (χ4v) is 6.19. The number of carboxylic acid groups (broad SMARTS) is 2. The van der Waals surface area contributed by atoms with Crippen LogP contribution in [0.25, 0.3) is 11.1 Å². The summed E-state index contributed by atoms with van der Waals surface area (Å²) in [4.78, 5) is 41.6. The van der Waals surface area contributed by atoms with Crippen molar-refractivity contribution in [3.63, 3.8) is 0 Å². The summed E-state index contributed by atoms with van der Waals surface area (Å²) >= 11 is 24.3. The SMILES string of the molecule is O=C(O)c1c(Cl)ccc(Cl)c1CONc1ccc(Oc2ccc(-c3ccc(Oc4ccc(NC(=O)c5c(Cl)ccc(Cl)c5C(=O)O)cc4)cc3)cc2)cc1. The molecular weight excluding hydrogens is 778 g/mol. The quantitative estimate of drug-likeness (QED) is 0.0839. The smallest absolute Gasteiger partial charge is 0.338 e. The summed E-state index contributed by atoms with van der Waals surface area (Å²) < 4.78 is 12.0. The zero-order valence-corrected chi connectivity index (χ0v) is 30.6. The zero-order chi connectivity index (χ0) is 38.4. The van der Waals surface area contributed by atoms with Crippen LogP contribution < -0.4 is 20.3 Å². The summed E-state index contributed by atoms with van der Waals surface area (Å²) in [6, 6.07) is 34.3. The van der Waals surface area contributed by atoms with Gasteiger partial charge in [0.25, 0.3) is 5.91 Å². The van der Waals surface area contributed by atoms with E-state index in [4.69, 9.17) is 60.7 Å². The second-order valence-electron chi connectivity index (χ2n) is 11.4. The highest BCUT2D eigenvalue weighted by molar-refractivity contribution is 6.39.